The molecule has 0 saturated heterocycles. The first-order valence-electron chi connectivity index (χ1n) is 5.42. The maximum absolute atomic E-state index is 11.0. The summed E-state index contributed by atoms with van der Waals surface area (Å²) in [4.78, 5) is 11.0. The first kappa shape index (κ1) is 13.2. The molecule has 0 bridgehead atoms. The SMILES string of the molecule is COC(=O)N/N=C(\c1ccccc1)C(C)(C)C. The fourth-order valence-corrected chi connectivity index (χ4v) is 1.41. The lowest BCUT2D eigenvalue weighted by Gasteiger charge is -2.21. The number of hydrogen-bond acceptors (Lipinski definition) is 3. The molecule has 1 aromatic carbocycles. The maximum atomic E-state index is 11.0. The van der Waals surface area contributed by atoms with E-state index in [-0.39, 0.29) is 5.41 Å². The van der Waals surface area contributed by atoms with E-state index in [1.54, 1.807) is 0 Å². The van der Waals surface area contributed by atoms with Gasteiger partial charge in [-0.25, -0.2) is 10.2 Å². The van der Waals surface area contributed by atoms with E-state index in [0.29, 0.717) is 0 Å². The number of carbonyl (C=O) groups excluding carboxylic acids is 1. The third-order valence-corrected chi connectivity index (χ3v) is 2.20. The van der Waals surface area contributed by atoms with Crippen LogP contribution in [0.15, 0.2) is 35.4 Å². The van der Waals surface area contributed by atoms with Crippen LogP contribution in [0.4, 0.5) is 4.79 Å². The van der Waals surface area contributed by atoms with E-state index in [1.165, 1.54) is 7.11 Å². The lowest BCUT2D eigenvalue weighted by atomic mass is 9.86. The zero-order valence-corrected chi connectivity index (χ0v) is 10.7. The molecular weight excluding hydrogens is 216 g/mol. The van der Waals surface area contributed by atoms with Gasteiger partial charge >= 0.3 is 6.09 Å². The van der Waals surface area contributed by atoms with Gasteiger partial charge in [0.1, 0.15) is 0 Å². The summed E-state index contributed by atoms with van der Waals surface area (Å²) in [7, 11) is 1.31. The zero-order chi connectivity index (χ0) is 12.9. The molecule has 1 N–H and O–H groups in total. The van der Waals surface area contributed by atoms with Crippen LogP contribution in [0.25, 0.3) is 0 Å². The van der Waals surface area contributed by atoms with E-state index < -0.39 is 6.09 Å². The summed E-state index contributed by atoms with van der Waals surface area (Å²) in [6.07, 6.45) is -0.567. The maximum Gasteiger partial charge on any atom is 0.427 e. The molecule has 0 aliphatic carbocycles. The average molecular weight is 234 g/mol. The second-order valence-corrected chi connectivity index (χ2v) is 4.68. The van der Waals surface area contributed by atoms with Crippen LogP contribution in [0.3, 0.4) is 0 Å². The standard InChI is InChI=1S/C13H18N2O2/c1-13(2,3)11(14-15-12(16)17-4)10-8-6-5-7-9-10/h5-9H,1-4H3,(H,15,16)/b14-11+. The third kappa shape index (κ3) is 3.90. The van der Waals surface area contributed by atoms with Crippen LogP contribution in [0.5, 0.6) is 0 Å². The molecule has 0 saturated carbocycles. The molecule has 4 heteroatoms. The Hall–Kier alpha value is -1.84. The Morgan fingerprint density at radius 1 is 1.24 bits per heavy atom. The number of carbonyl (C=O) groups is 1. The van der Waals surface area contributed by atoms with E-state index >= 15 is 0 Å². The number of ether oxygens (including phenoxy) is 1. The summed E-state index contributed by atoms with van der Waals surface area (Å²) in [6, 6.07) is 9.74. The number of benzene rings is 1. The fraction of sp³-hybridized carbons (Fsp3) is 0.385. The molecule has 0 aliphatic heterocycles. The molecule has 0 radical (unpaired) electrons. The van der Waals surface area contributed by atoms with Crippen LogP contribution in [0.1, 0.15) is 26.3 Å². The van der Waals surface area contributed by atoms with Crippen molar-refractivity contribution in [3.63, 3.8) is 0 Å². The van der Waals surface area contributed by atoms with Crippen molar-refractivity contribution < 1.29 is 9.53 Å². The molecule has 0 aromatic heterocycles. The molecule has 1 aromatic rings. The molecule has 0 atom stereocenters. The van der Waals surface area contributed by atoms with Crippen molar-refractivity contribution in [2.75, 3.05) is 7.11 Å². The van der Waals surface area contributed by atoms with Gasteiger partial charge in [-0.1, -0.05) is 51.1 Å². The Morgan fingerprint density at radius 2 is 1.82 bits per heavy atom. The van der Waals surface area contributed by atoms with Crippen molar-refractivity contribution >= 4 is 11.8 Å². The van der Waals surface area contributed by atoms with E-state index in [9.17, 15) is 4.79 Å². The highest BCUT2D eigenvalue weighted by atomic mass is 16.5. The zero-order valence-electron chi connectivity index (χ0n) is 10.7. The first-order valence-corrected chi connectivity index (χ1v) is 5.42. The lowest BCUT2D eigenvalue weighted by molar-refractivity contribution is 0.171. The molecule has 17 heavy (non-hydrogen) atoms. The van der Waals surface area contributed by atoms with Crippen LogP contribution in [-0.2, 0) is 4.74 Å². The third-order valence-electron chi connectivity index (χ3n) is 2.20. The quantitative estimate of drug-likeness (QED) is 0.632. The van der Waals surface area contributed by atoms with E-state index in [1.807, 2.05) is 51.1 Å². The summed E-state index contributed by atoms with van der Waals surface area (Å²) in [5, 5.41) is 4.13. The highest BCUT2D eigenvalue weighted by Gasteiger charge is 2.21. The van der Waals surface area contributed by atoms with Gasteiger partial charge < -0.3 is 4.74 Å². The predicted octanol–water partition coefficient (Wildman–Crippen LogP) is 2.79. The van der Waals surface area contributed by atoms with E-state index in [4.69, 9.17) is 0 Å². The summed E-state index contributed by atoms with van der Waals surface area (Å²) in [5.41, 5.74) is 3.99. The summed E-state index contributed by atoms with van der Waals surface area (Å²) in [6.45, 7) is 6.12. The molecule has 0 heterocycles. The van der Waals surface area contributed by atoms with Crippen molar-refractivity contribution in [1.29, 1.82) is 0 Å². The minimum Gasteiger partial charge on any atom is -0.452 e. The second-order valence-electron chi connectivity index (χ2n) is 4.68. The van der Waals surface area contributed by atoms with Crippen molar-refractivity contribution in [2.45, 2.75) is 20.8 Å². The molecule has 92 valence electrons. The number of hydrogen-bond donors (Lipinski definition) is 1. The smallest absolute Gasteiger partial charge is 0.427 e. The Kier molecular flexibility index (Phi) is 4.26. The molecule has 1 rings (SSSR count). The monoisotopic (exact) mass is 234 g/mol. The Morgan fingerprint density at radius 3 is 2.29 bits per heavy atom. The lowest BCUT2D eigenvalue weighted by Crippen LogP contribution is -2.27. The van der Waals surface area contributed by atoms with Gasteiger partial charge in [0, 0.05) is 5.41 Å². The fourth-order valence-electron chi connectivity index (χ4n) is 1.41. The Balaban J connectivity index is 3.02. The second kappa shape index (κ2) is 5.48. The highest BCUT2D eigenvalue weighted by molar-refractivity contribution is 6.04. The number of hydrazone groups is 1. The van der Waals surface area contributed by atoms with Gasteiger partial charge in [-0.15, -0.1) is 0 Å². The van der Waals surface area contributed by atoms with E-state index in [0.717, 1.165) is 11.3 Å². The van der Waals surface area contributed by atoms with Crippen LogP contribution >= 0.6 is 0 Å². The van der Waals surface area contributed by atoms with Crippen LogP contribution in [-0.4, -0.2) is 18.9 Å². The van der Waals surface area contributed by atoms with Gasteiger partial charge in [0.2, 0.25) is 0 Å². The Bertz CT molecular complexity index is 405. The molecule has 0 fully saturated rings. The predicted molar refractivity (Wildman–Crippen MR) is 68.0 cm³/mol. The summed E-state index contributed by atoms with van der Waals surface area (Å²) < 4.78 is 4.49. The number of amides is 1. The number of nitrogens with zero attached hydrogens (tertiary/aromatic N) is 1. The normalized spacial score (nSPS) is 12.1. The van der Waals surface area contributed by atoms with E-state index in [2.05, 4.69) is 15.3 Å². The average Bonchev–Trinajstić information content (AvgIpc) is 2.28. The van der Waals surface area contributed by atoms with Crippen molar-refractivity contribution in [1.82, 2.24) is 5.43 Å². The number of methoxy groups -OCH3 is 1. The minimum absolute atomic E-state index is 0.164. The van der Waals surface area contributed by atoms with Crippen molar-refractivity contribution in [3.05, 3.63) is 35.9 Å². The molecule has 1 amide bonds. The van der Waals surface area contributed by atoms with Gasteiger partial charge in [-0.05, 0) is 5.56 Å². The van der Waals surface area contributed by atoms with Gasteiger partial charge in [0.25, 0.3) is 0 Å². The number of rotatable bonds is 2. The van der Waals surface area contributed by atoms with Gasteiger partial charge in [-0.3, -0.25) is 0 Å². The number of nitrogens with one attached hydrogen (secondary N) is 1. The van der Waals surface area contributed by atoms with Crippen LogP contribution in [0, 0.1) is 5.41 Å². The first-order chi connectivity index (χ1) is 7.95. The molecule has 0 spiro atoms. The minimum atomic E-state index is -0.567. The van der Waals surface area contributed by atoms with Crippen molar-refractivity contribution in [2.24, 2.45) is 10.5 Å². The van der Waals surface area contributed by atoms with Gasteiger partial charge in [-0.2, -0.15) is 5.10 Å². The Labute approximate surface area is 102 Å². The highest BCUT2D eigenvalue weighted by Crippen LogP contribution is 2.21. The molecular formula is C13H18N2O2. The van der Waals surface area contributed by atoms with Crippen LogP contribution in [0.2, 0.25) is 0 Å². The topological polar surface area (TPSA) is 50.7 Å². The van der Waals surface area contributed by atoms with Crippen molar-refractivity contribution in [3.8, 4) is 0 Å². The molecule has 4 nitrogen and oxygen atoms in total. The van der Waals surface area contributed by atoms with Gasteiger partial charge in [0.05, 0.1) is 12.8 Å². The molecule has 0 aliphatic rings. The summed E-state index contributed by atoms with van der Waals surface area (Å²) >= 11 is 0. The van der Waals surface area contributed by atoms with Gasteiger partial charge in [0.15, 0.2) is 0 Å². The largest absolute Gasteiger partial charge is 0.452 e. The summed E-state index contributed by atoms with van der Waals surface area (Å²) in [5.74, 6) is 0. The van der Waals surface area contributed by atoms with Crippen LogP contribution < -0.4 is 5.43 Å². The molecule has 0 unspecified atom stereocenters.